The Morgan fingerprint density at radius 2 is 0.690 bits per heavy atom. The van der Waals surface area contributed by atoms with E-state index in [9.17, 15) is 0 Å². The fraction of sp³-hybridized carbons (Fsp3) is 0. The molecular weight excluding hydrogens is 715 g/mol. The normalized spacial score (nSPS) is 11.8. The Bertz CT molecular complexity index is 3200. The molecule has 0 N–H and O–H groups in total. The predicted octanol–water partition coefficient (Wildman–Crippen LogP) is 12.3. The zero-order chi connectivity index (χ0) is 38.5. The molecule has 11 aromatic carbocycles. The molecule has 272 valence electrons. The fourth-order valence-corrected chi connectivity index (χ4v) is 14.3. The summed E-state index contributed by atoms with van der Waals surface area (Å²) in [6.07, 6.45) is 0. The van der Waals surface area contributed by atoms with Crippen LogP contribution in [0, 0.1) is 0 Å². The average Bonchev–Trinajstić information content (AvgIpc) is 3.31. The van der Waals surface area contributed by atoms with Crippen molar-refractivity contribution < 1.29 is 0 Å². The van der Waals surface area contributed by atoms with Crippen LogP contribution in [0.4, 0.5) is 17.1 Å². The Labute approximate surface area is 339 Å². The van der Waals surface area contributed by atoms with E-state index in [1.807, 2.05) is 0 Å². The van der Waals surface area contributed by atoms with Crippen molar-refractivity contribution in [2.75, 3.05) is 4.90 Å². The molecule has 0 aliphatic rings. The van der Waals surface area contributed by atoms with Crippen molar-refractivity contribution >= 4 is 99.7 Å². The Hall–Kier alpha value is -7.26. The highest BCUT2D eigenvalue weighted by Gasteiger charge is 2.41. The monoisotopic (exact) mass is 753 g/mol. The summed E-state index contributed by atoms with van der Waals surface area (Å²) in [4.78, 5) is 2.43. The van der Waals surface area contributed by atoms with Crippen LogP contribution in [-0.4, -0.2) is 8.07 Å². The highest BCUT2D eigenvalue weighted by molar-refractivity contribution is 7.20. The second-order valence-electron chi connectivity index (χ2n) is 15.2. The molecule has 0 aliphatic carbocycles. The lowest BCUT2D eigenvalue weighted by Gasteiger charge is -2.35. The zero-order valence-electron chi connectivity index (χ0n) is 32.0. The molecule has 1 nitrogen and oxygen atoms in total. The van der Waals surface area contributed by atoms with Crippen LogP contribution >= 0.6 is 0 Å². The van der Waals surface area contributed by atoms with Gasteiger partial charge < -0.3 is 4.90 Å². The van der Waals surface area contributed by atoms with Gasteiger partial charge >= 0.3 is 0 Å². The van der Waals surface area contributed by atoms with Crippen LogP contribution in [0.15, 0.2) is 237 Å². The van der Waals surface area contributed by atoms with E-state index < -0.39 is 8.07 Å². The Morgan fingerprint density at radius 3 is 1.33 bits per heavy atom. The van der Waals surface area contributed by atoms with Gasteiger partial charge in [-0.15, -0.1) is 0 Å². The van der Waals surface area contributed by atoms with E-state index in [0.29, 0.717) is 0 Å². The molecule has 0 saturated carbocycles. The number of anilines is 3. The molecule has 0 spiro atoms. The minimum Gasteiger partial charge on any atom is -0.310 e. The highest BCUT2D eigenvalue weighted by atomic mass is 28.3. The van der Waals surface area contributed by atoms with Crippen LogP contribution in [0.1, 0.15) is 0 Å². The SMILES string of the molecule is c1ccc([Si](c2ccccc2)(c2ccc(N(c3ccc4ccccc4c3)c3cccc4ccccc34)cc2)c2ccc3c4ccccc4c4ccccc4c3c2)cc1. The lowest BCUT2D eigenvalue weighted by Crippen LogP contribution is -2.74. The van der Waals surface area contributed by atoms with Crippen LogP contribution in [0.3, 0.4) is 0 Å². The quantitative estimate of drug-likeness (QED) is 0.0890. The third-order valence-electron chi connectivity index (χ3n) is 12.1. The van der Waals surface area contributed by atoms with Gasteiger partial charge in [-0.3, -0.25) is 0 Å². The Morgan fingerprint density at radius 1 is 0.241 bits per heavy atom. The van der Waals surface area contributed by atoms with E-state index in [-0.39, 0.29) is 0 Å². The minimum atomic E-state index is -2.89. The van der Waals surface area contributed by atoms with Gasteiger partial charge in [-0.05, 0) is 99.6 Å². The van der Waals surface area contributed by atoms with Crippen molar-refractivity contribution in [2.45, 2.75) is 0 Å². The third kappa shape index (κ3) is 5.45. The maximum Gasteiger partial charge on any atom is 0.179 e. The van der Waals surface area contributed by atoms with Crippen LogP contribution in [-0.2, 0) is 0 Å². The number of hydrogen-bond donors (Lipinski definition) is 0. The maximum atomic E-state index is 2.53. The zero-order valence-corrected chi connectivity index (χ0v) is 33.0. The molecule has 0 amide bonds. The van der Waals surface area contributed by atoms with E-state index in [2.05, 4.69) is 241 Å². The summed E-state index contributed by atoms with van der Waals surface area (Å²) in [6, 6.07) is 88.0. The van der Waals surface area contributed by atoms with Crippen molar-refractivity contribution in [3.05, 3.63) is 237 Å². The van der Waals surface area contributed by atoms with E-state index in [4.69, 9.17) is 0 Å². The summed E-state index contributed by atoms with van der Waals surface area (Å²) in [5.41, 5.74) is 3.41. The molecule has 0 atom stereocenters. The van der Waals surface area contributed by atoms with Gasteiger partial charge in [0.1, 0.15) is 0 Å². The number of rotatable bonds is 7. The van der Waals surface area contributed by atoms with Gasteiger partial charge in [0.05, 0.1) is 5.69 Å². The molecule has 0 aromatic heterocycles. The first kappa shape index (κ1) is 34.0. The van der Waals surface area contributed by atoms with E-state index >= 15 is 0 Å². The van der Waals surface area contributed by atoms with Gasteiger partial charge in [-0.25, -0.2) is 0 Å². The highest BCUT2D eigenvalue weighted by Crippen LogP contribution is 2.40. The summed E-state index contributed by atoms with van der Waals surface area (Å²) >= 11 is 0. The van der Waals surface area contributed by atoms with Gasteiger partial charge in [0.2, 0.25) is 0 Å². The molecule has 0 bridgehead atoms. The standard InChI is InChI=1S/C56H39NSi/c1-3-20-45(21-4-1)58(46-22-5-2-6-23-46,48-36-37-54-52-27-12-11-25-50(52)51-26-13-14-28-53(51)55(54)39-48)47-34-32-43(33-35-47)57(44-31-30-40-16-7-8-18-42(40)38-44)56-29-15-19-41-17-9-10-24-49(41)56/h1-39H. The molecule has 58 heavy (non-hydrogen) atoms. The summed E-state index contributed by atoms with van der Waals surface area (Å²) in [5.74, 6) is 0. The van der Waals surface area contributed by atoms with Crippen molar-refractivity contribution in [1.29, 1.82) is 0 Å². The predicted molar refractivity (Wildman–Crippen MR) is 252 cm³/mol. The first-order chi connectivity index (χ1) is 28.8. The van der Waals surface area contributed by atoms with E-state index in [1.54, 1.807) is 0 Å². The van der Waals surface area contributed by atoms with Crippen molar-refractivity contribution in [3.63, 3.8) is 0 Å². The van der Waals surface area contributed by atoms with Gasteiger partial charge in [0.25, 0.3) is 0 Å². The van der Waals surface area contributed by atoms with Crippen molar-refractivity contribution in [1.82, 2.24) is 0 Å². The second kappa shape index (κ2) is 14.0. The van der Waals surface area contributed by atoms with Gasteiger partial charge in [0, 0.05) is 16.8 Å². The van der Waals surface area contributed by atoms with E-state index in [1.165, 1.54) is 74.6 Å². The lowest BCUT2D eigenvalue weighted by atomic mass is 9.94. The van der Waals surface area contributed by atoms with Crippen LogP contribution in [0.5, 0.6) is 0 Å². The molecular formula is C56H39NSi. The topological polar surface area (TPSA) is 3.24 Å². The molecule has 0 saturated heterocycles. The molecule has 2 heteroatoms. The number of benzene rings is 11. The summed E-state index contributed by atoms with van der Waals surface area (Å²) in [7, 11) is -2.89. The van der Waals surface area contributed by atoms with Crippen LogP contribution in [0.2, 0.25) is 0 Å². The summed E-state index contributed by atoms with van der Waals surface area (Å²) in [5, 5.41) is 18.1. The van der Waals surface area contributed by atoms with Crippen molar-refractivity contribution in [3.8, 4) is 0 Å². The van der Waals surface area contributed by atoms with Crippen LogP contribution in [0.25, 0.3) is 53.9 Å². The molecule has 0 heterocycles. The Balaban J connectivity index is 1.17. The molecule has 11 aromatic rings. The average molecular weight is 754 g/mol. The first-order valence-electron chi connectivity index (χ1n) is 20.1. The van der Waals surface area contributed by atoms with Gasteiger partial charge in [-0.2, -0.15) is 0 Å². The number of fused-ring (bicyclic) bond motifs is 8. The van der Waals surface area contributed by atoms with Gasteiger partial charge in [-0.1, -0.05) is 206 Å². The molecule has 0 fully saturated rings. The summed E-state index contributed by atoms with van der Waals surface area (Å²) < 4.78 is 0. The molecule has 0 aliphatic heterocycles. The molecule has 0 unspecified atom stereocenters. The maximum absolute atomic E-state index is 2.89. The first-order valence-corrected chi connectivity index (χ1v) is 22.1. The number of hydrogen-bond acceptors (Lipinski definition) is 1. The van der Waals surface area contributed by atoms with Gasteiger partial charge in [0.15, 0.2) is 8.07 Å². The molecule has 11 rings (SSSR count). The minimum absolute atomic E-state index is 1.12. The summed E-state index contributed by atoms with van der Waals surface area (Å²) in [6.45, 7) is 0. The largest absolute Gasteiger partial charge is 0.310 e. The molecule has 0 radical (unpaired) electrons. The Kier molecular flexibility index (Phi) is 8.23. The fourth-order valence-electron chi connectivity index (χ4n) is 9.52. The lowest BCUT2D eigenvalue weighted by molar-refractivity contribution is 1.31. The smallest absolute Gasteiger partial charge is 0.179 e. The van der Waals surface area contributed by atoms with Crippen molar-refractivity contribution in [2.24, 2.45) is 0 Å². The number of nitrogens with zero attached hydrogens (tertiary/aromatic N) is 1. The van der Waals surface area contributed by atoms with Crippen LogP contribution < -0.4 is 25.6 Å². The second-order valence-corrected chi connectivity index (χ2v) is 19.1. The third-order valence-corrected chi connectivity index (χ3v) is 16.9. The van der Waals surface area contributed by atoms with E-state index in [0.717, 1.165) is 17.1 Å².